The van der Waals surface area contributed by atoms with Crippen LogP contribution in [0.4, 0.5) is 11.4 Å². The lowest BCUT2D eigenvalue weighted by atomic mass is 9.97. The fraction of sp³-hybridized carbons (Fsp3) is 0.471. The summed E-state index contributed by atoms with van der Waals surface area (Å²) in [6.45, 7) is 2.57. The molecule has 0 saturated carbocycles. The first kappa shape index (κ1) is 20.1. The molecule has 1 fully saturated rings. The number of ether oxygens (including phenoxy) is 2. The highest BCUT2D eigenvalue weighted by atomic mass is 16.6. The number of benzene rings is 1. The Bertz CT molecular complexity index is 742. The van der Waals surface area contributed by atoms with E-state index in [1.54, 1.807) is 6.92 Å². The third kappa shape index (κ3) is 4.93. The predicted molar refractivity (Wildman–Crippen MR) is 94.2 cm³/mol. The van der Waals surface area contributed by atoms with Gasteiger partial charge in [0.15, 0.2) is 0 Å². The summed E-state index contributed by atoms with van der Waals surface area (Å²) in [4.78, 5) is 47.9. The number of carbonyl (C=O) groups excluding carboxylic acids is 3. The summed E-state index contributed by atoms with van der Waals surface area (Å²) in [5.41, 5.74) is -0.0416. The lowest BCUT2D eigenvalue weighted by Crippen LogP contribution is -2.45. The SMILES string of the molecule is CCOC(=O)C1CCN(C(=O)C(=O)Nc2ccc([N+](=O)[O-])cc2OC)CC1. The van der Waals surface area contributed by atoms with Crippen LogP contribution in [0.15, 0.2) is 18.2 Å². The van der Waals surface area contributed by atoms with Crippen LogP contribution in [-0.4, -0.2) is 54.4 Å². The first-order valence-electron chi connectivity index (χ1n) is 8.46. The van der Waals surface area contributed by atoms with Crippen molar-refractivity contribution in [3.05, 3.63) is 28.3 Å². The van der Waals surface area contributed by atoms with E-state index in [-0.39, 0.29) is 42.1 Å². The third-order valence-electron chi connectivity index (χ3n) is 4.24. The van der Waals surface area contributed by atoms with Crippen molar-refractivity contribution < 1.29 is 28.8 Å². The number of nitrogens with zero attached hydrogens (tertiary/aromatic N) is 2. The van der Waals surface area contributed by atoms with Gasteiger partial charge < -0.3 is 19.7 Å². The fourth-order valence-electron chi connectivity index (χ4n) is 2.79. The molecular weight excluding hydrogens is 358 g/mol. The standard InChI is InChI=1S/C17H21N3O7/c1-3-27-17(23)11-6-8-19(9-7-11)16(22)15(21)18-13-5-4-12(20(24)25)10-14(13)26-2/h4-5,10-11H,3,6-9H2,1-2H3,(H,18,21). The Morgan fingerprint density at radius 2 is 1.96 bits per heavy atom. The van der Waals surface area contributed by atoms with Crippen molar-refractivity contribution in [2.24, 2.45) is 5.92 Å². The summed E-state index contributed by atoms with van der Waals surface area (Å²) in [7, 11) is 1.30. The number of anilines is 1. The van der Waals surface area contributed by atoms with E-state index in [9.17, 15) is 24.5 Å². The molecule has 146 valence electrons. The van der Waals surface area contributed by atoms with E-state index in [0.29, 0.717) is 19.4 Å². The minimum Gasteiger partial charge on any atom is -0.494 e. The quantitative estimate of drug-likeness (QED) is 0.354. The molecule has 0 unspecified atom stereocenters. The van der Waals surface area contributed by atoms with Gasteiger partial charge in [0.05, 0.1) is 36.3 Å². The van der Waals surface area contributed by atoms with Crippen LogP contribution in [0.1, 0.15) is 19.8 Å². The van der Waals surface area contributed by atoms with Gasteiger partial charge in [-0.3, -0.25) is 24.5 Å². The molecule has 0 spiro atoms. The van der Waals surface area contributed by atoms with Crippen molar-refractivity contribution in [3.8, 4) is 5.75 Å². The largest absolute Gasteiger partial charge is 0.494 e. The van der Waals surface area contributed by atoms with E-state index in [2.05, 4.69) is 5.32 Å². The molecule has 0 aliphatic carbocycles. The Balaban J connectivity index is 1.98. The zero-order valence-corrected chi connectivity index (χ0v) is 15.1. The molecule has 1 N–H and O–H groups in total. The number of nitro benzene ring substituents is 1. The number of piperidine rings is 1. The molecule has 1 saturated heterocycles. The highest BCUT2D eigenvalue weighted by Gasteiger charge is 2.31. The number of amides is 2. The molecule has 1 aliphatic rings. The molecule has 2 amide bonds. The molecule has 1 aromatic carbocycles. The predicted octanol–water partition coefficient (Wildman–Crippen LogP) is 1.34. The first-order chi connectivity index (χ1) is 12.9. The molecule has 2 rings (SSSR count). The number of nitrogens with one attached hydrogen (secondary N) is 1. The molecule has 1 aliphatic heterocycles. The van der Waals surface area contributed by atoms with E-state index >= 15 is 0 Å². The minimum atomic E-state index is -0.878. The summed E-state index contributed by atoms with van der Waals surface area (Å²) in [6, 6.07) is 3.66. The zero-order chi connectivity index (χ0) is 20.0. The number of rotatable bonds is 5. The van der Waals surface area contributed by atoms with E-state index < -0.39 is 16.7 Å². The summed E-state index contributed by atoms with van der Waals surface area (Å²) >= 11 is 0. The van der Waals surface area contributed by atoms with Crippen LogP contribution in [0.5, 0.6) is 5.75 Å². The maximum atomic E-state index is 12.3. The van der Waals surface area contributed by atoms with Gasteiger partial charge in [0, 0.05) is 19.2 Å². The topological polar surface area (TPSA) is 128 Å². The van der Waals surface area contributed by atoms with Crippen LogP contribution >= 0.6 is 0 Å². The van der Waals surface area contributed by atoms with Gasteiger partial charge in [-0.05, 0) is 25.8 Å². The van der Waals surface area contributed by atoms with Gasteiger partial charge in [0.25, 0.3) is 5.69 Å². The number of hydrogen-bond acceptors (Lipinski definition) is 7. The molecule has 27 heavy (non-hydrogen) atoms. The van der Waals surface area contributed by atoms with Crippen LogP contribution in [0.25, 0.3) is 0 Å². The number of carbonyl (C=O) groups is 3. The molecule has 0 aromatic heterocycles. The van der Waals surface area contributed by atoms with Crippen molar-refractivity contribution >= 4 is 29.2 Å². The Labute approximate surface area is 155 Å². The van der Waals surface area contributed by atoms with Crippen molar-refractivity contribution in [1.82, 2.24) is 4.90 Å². The number of nitro groups is 1. The maximum Gasteiger partial charge on any atom is 0.314 e. The van der Waals surface area contributed by atoms with Crippen molar-refractivity contribution in [3.63, 3.8) is 0 Å². The molecule has 1 aromatic rings. The van der Waals surface area contributed by atoms with Crippen molar-refractivity contribution in [1.29, 1.82) is 0 Å². The summed E-state index contributed by atoms with van der Waals surface area (Å²) in [5.74, 6) is -2.10. The molecule has 0 atom stereocenters. The van der Waals surface area contributed by atoms with Crippen LogP contribution < -0.4 is 10.1 Å². The lowest BCUT2D eigenvalue weighted by molar-refractivity contribution is -0.384. The fourth-order valence-corrected chi connectivity index (χ4v) is 2.79. The van der Waals surface area contributed by atoms with Gasteiger partial charge in [-0.1, -0.05) is 0 Å². The second-order valence-electron chi connectivity index (χ2n) is 5.91. The smallest absolute Gasteiger partial charge is 0.314 e. The van der Waals surface area contributed by atoms with Crippen LogP contribution in [0, 0.1) is 16.0 Å². The van der Waals surface area contributed by atoms with Crippen LogP contribution in [0.3, 0.4) is 0 Å². The summed E-state index contributed by atoms with van der Waals surface area (Å²) in [5, 5.41) is 13.2. The highest BCUT2D eigenvalue weighted by Crippen LogP contribution is 2.29. The lowest BCUT2D eigenvalue weighted by Gasteiger charge is -2.30. The second-order valence-corrected chi connectivity index (χ2v) is 5.91. The number of hydrogen-bond donors (Lipinski definition) is 1. The second kappa shape index (κ2) is 8.97. The number of methoxy groups -OCH3 is 1. The highest BCUT2D eigenvalue weighted by molar-refractivity contribution is 6.39. The summed E-state index contributed by atoms with van der Waals surface area (Å²) < 4.78 is 10.0. The number of esters is 1. The van der Waals surface area contributed by atoms with Crippen LogP contribution in [-0.2, 0) is 19.1 Å². The first-order valence-corrected chi connectivity index (χ1v) is 8.46. The maximum absolute atomic E-state index is 12.3. The van der Waals surface area contributed by atoms with Crippen molar-refractivity contribution in [2.45, 2.75) is 19.8 Å². The molecule has 1 heterocycles. The molecular formula is C17H21N3O7. The zero-order valence-electron chi connectivity index (χ0n) is 15.1. The average Bonchev–Trinajstić information content (AvgIpc) is 2.67. The van der Waals surface area contributed by atoms with E-state index in [1.165, 1.54) is 24.1 Å². The van der Waals surface area contributed by atoms with Gasteiger partial charge in [-0.2, -0.15) is 0 Å². The number of non-ortho nitro benzene ring substituents is 1. The Kier molecular flexibility index (Phi) is 6.69. The average molecular weight is 379 g/mol. The molecule has 0 radical (unpaired) electrons. The van der Waals surface area contributed by atoms with E-state index in [4.69, 9.17) is 9.47 Å². The minimum absolute atomic E-state index is 0.0753. The van der Waals surface area contributed by atoms with Crippen LogP contribution in [0.2, 0.25) is 0 Å². The van der Waals surface area contributed by atoms with Gasteiger partial charge in [-0.25, -0.2) is 0 Å². The van der Waals surface area contributed by atoms with E-state index in [1.807, 2.05) is 0 Å². The Morgan fingerprint density at radius 3 is 2.52 bits per heavy atom. The molecule has 10 heteroatoms. The normalized spacial score (nSPS) is 14.4. The monoisotopic (exact) mass is 379 g/mol. The molecule has 0 bridgehead atoms. The Hall–Kier alpha value is -3.17. The number of likely N-dealkylation sites (tertiary alicyclic amines) is 1. The van der Waals surface area contributed by atoms with E-state index in [0.717, 1.165) is 6.07 Å². The summed E-state index contributed by atoms with van der Waals surface area (Å²) in [6.07, 6.45) is 0.859. The third-order valence-corrected chi connectivity index (χ3v) is 4.24. The van der Waals surface area contributed by atoms with Gasteiger partial charge >= 0.3 is 17.8 Å². The van der Waals surface area contributed by atoms with Crippen molar-refractivity contribution in [2.75, 3.05) is 32.1 Å². The van der Waals surface area contributed by atoms with Gasteiger partial charge in [0.1, 0.15) is 5.75 Å². The molecule has 10 nitrogen and oxygen atoms in total. The van der Waals surface area contributed by atoms with Gasteiger partial charge in [0.2, 0.25) is 0 Å². The van der Waals surface area contributed by atoms with Gasteiger partial charge in [-0.15, -0.1) is 0 Å². The Morgan fingerprint density at radius 1 is 1.30 bits per heavy atom.